The molecule has 5 nitrogen and oxygen atoms in total. The SMILES string of the molecule is CCOC1(c2nc(C)c(CCC(=O)O)c(C)n2)CCCC1. The van der Waals surface area contributed by atoms with E-state index in [2.05, 4.69) is 9.97 Å². The summed E-state index contributed by atoms with van der Waals surface area (Å²) in [6, 6.07) is 0. The van der Waals surface area contributed by atoms with Crippen LogP contribution in [0.1, 0.15) is 61.8 Å². The first-order valence-corrected chi connectivity index (χ1v) is 7.69. The molecule has 1 fully saturated rings. The molecule has 5 heteroatoms. The molecule has 1 saturated carbocycles. The second-order valence-electron chi connectivity index (χ2n) is 5.72. The molecule has 0 aliphatic heterocycles. The lowest BCUT2D eigenvalue weighted by Crippen LogP contribution is -2.30. The zero-order chi connectivity index (χ0) is 15.5. The molecular formula is C16H24N2O3. The fourth-order valence-electron chi connectivity index (χ4n) is 3.19. The van der Waals surface area contributed by atoms with Crippen molar-refractivity contribution >= 4 is 5.97 Å². The van der Waals surface area contributed by atoms with Gasteiger partial charge in [0.25, 0.3) is 0 Å². The lowest BCUT2D eigenvalue weighted by atomic mass is 9.99. The highest BCUT2D eigenvalue weighted by atomic mass is 16.5. The Balaban J connectivity index is 2.32. The van der Waals surface area contributed by atoms with Gasteiger partial charge >= 0.3 is 5.97 Å². The second kappa shape index (κ2) is 6.52. The molecule has 116 valence electrons. The number of hydrogen-bond donors (Lipinski definition) is 1. The summed E-state index contributed by atoms with van der Waals surface area (Å²) in [6.07, 6.45) is 4.81. The molecule has 0 spiro atoms. The molecule has 1 aromatic heterocycles. The van der Waals surface area contributed by atoms with Gasteiger partial charge in [0.2, 0.25) is 0 Å². The normalized spacial score (nSPS) is 17.1. The van der Waals surface area contributed by atoms with Gasteiger partial charge in [0.05, 0.1) is 0 Å². The monoisotopic (exact) mass is 292 g/mol. The average molecular weight is 292 g/mol. The number of carboxylic acid groups (broad SMARTS) is 1. The van der Waals surface area contributed by atoms with E-state index >= 15 is 0 Å². The maximum Gasteiger partial charge on any atom is 0.303 e. The van der Waals surface area contributed by atoms with Crippen molar-refractivity contribution in [3.8, 4) is 0 Å². The molecular weight excluding hydrogens is 268 g/mol. The molecule has 21 heavy (non-hydrogen) atoms. The van der Waals surface area contributed by atoms with Gasteiger partial charge in [-0.15, -0.1) is 0 Å². The molecule has 0 saturated heterocycles. The van der Waals surface area contributed by atoms with Gasteiger partial charge in [0.15, 0.2) is 5.82 Å². The van der Waals surface area contributed by atoms with E-state index in [-0.39, 0.29) is 12.0 Å². The number of ether oxygens (including phenoxy) is 1. The first kappa shape index (κ1) is 15.9. The number of carbonyl (C=O) groups is 1. The summed E-state index contributed by atoms with van der Waals surface area (Å²) in [5.74, 6) is -0.0182. The standard InChI is InChI=1S/C16H24N2O3/c1-4-21-16(9-5-6-10-16)15-17-11(2)13(12(3)18-15)7-8-14(19)20/h4-10H2,1-3H3,(H,19,20). The zero-order valence-electron chi connectivity index (χ0n) is 13.1. The summed E-state index contributed by atoms with van der Waals surface area (Å²) in [6.45, 7) is 6.52. The first-order chi connectivity index (χ1) is 9.98. The molecule has 1 aliphatic rings. The maximum atomic E-state index is 10.7. The van der Waals surface area contributed by atoms with Crippen molar-refractivity contribution in [3.63, 3.8) is 0 Å². The van der Waals surface area contributed by atoms with Crippen LogP contribution in [-0.2, 0) is 21.6 Å². The Morgan fingerprint density at radius 3 is 2.29 bits per heavy atom. The third-order valence-electron chi connectivity index (χ3n) is 4.25. The van der Waals surface area contributed by atoms with Crippen molar-refractivity contribution in [1.82, 2.24) is 9.97 Å². The van der Waals surface area contributed by atoms with E-state index < -0.39 is 5.97 Å². The third kappa shape index (κ3) is 3.40. The minimum absolute atomic E-state index is 0.112. The van der Waals surface area contributed by atoms with Gasteiger partial charge in [-0.1, -0.05) is 0 Å². The highest BCUT2D eigenvalue weighted by Crippen LogP contribution is 2.40. The first-order valence-electron chi connectivity index (χ1n) is 7.69. The van der Waals surface area contributed by atoms with Crippen LogP contribution in [0.4, 0.5) is 0 Å². The van der Waals surface area contributed by atoms with Gasteiger partial charge in [-0.3, -0.25) is 4.79 Å². The van der Waals surface area contributed by atoms with Crippen LogP contribution in [0.15, 0.2) is 0 Å². The van der Waals surface area contributed by atoms with Crippen LogP contribution in [0.3, 0.4) is 0 Å². The Morgan fingerprint density at radius 1 is 1.24 bits per heavy atom. The van der Waals surface area contributed by atoms with E-state index in [0.717, 1.165) is 48.5 Å². The molecule has 0 atom stereocenters. The van der Waals surface area contributed by atoms with E-state index in [4.69, 9.17) is 9.84 Å². The molecule has 0 aromatic carbocycles. The van der Waals surface area contributed by atoms with Crippen LogP contribution in [-0.4, -0.2) is 27.7 Å². The molecule has 1 aromatic rings. The highest BCUT2D eigenvalue weighted by Gasteiger charge is 2.39. The Labute approximate surface area is 125 Å². The molecule has 0 amide bonds. The van der Waals surface area contributed by atoms with Crippen LogP contribution in [0, 0.1) is 13.8 Å². The van der Waals surface area contributed by atoms with Crippen LogP contribution in [0.2, 0.25) is 0 Å². The number of aryl methyl sites for hydroxylation is 2. The second-order valence-corrected chi connectivity index (χ2v) is 5.72. The predicted octanol–water partition coefficient (Wildman–Crippen LogP) is 2.92. The summed E-state index contributed by atoms with van der Waals surface area (Å²) >= 11 is 0. The van der Waals surface area contributed by atoms with Crippen molar-refractivity contribution in [2.75, 3.05) is 6.61 Å². The van der Waals surface area contributed by atoms with Crippen molar-refractivity contribution in [3.05, 3.63) is 22.8 Å². The van der Waals surface area contributed by atoms with E-state index in [1.807, 2.05) is 20.8 Å². The predicted molar refractivity (Wildman–Crippen MR) is 79.2 cm³/mol. The molecule has 1 heterocycles. The fourth-order valence-corrected chi connectivity index (χ4v) is 3.19. The van der Waals surface area contributed by atoms with Crippen LogP contribution in [0.25, 0.3) is 0 Å². The number of hydrogen-bond acceptors (Lipinski definition) is 4. The maximum absolute atomic E-state index is 10.7. The molecule has 0 unspecified atom stereocenters. The number of aliphatic carboxylic acids is 1. The van der Waals surface area contributed by atoms with E-state index in [1.165, 1.54) is 0 Å². The van der Waals surface area contributed by atoms with Crippen LogP contribution < -0.4 is 0 Å². The summed E-state index contributed by atoms with van der Waals surface area (Å²) in [5.41, 5.74) is 2.37. The lowest BCUT2D eigenvalue weighted by molar-refractivity contribution is -0.136. The lowest BCUT2D eigenvalue weighted by Gasteiger charge is -2.28. The Hall–Kier alpha value is -1.49. The van der Waals surface area contributed by atoms with Crippen molar-refractivity contribution in [1.29, 1.82) is 0 Å². The number of aromatic nitrogens is 2. The fraction of sp³-hybridized carbons (Fsp3) is 0.688. The molecule has 2 rings (SSSR count). The largest absolute Gasteiger partial charge is 0.481 e. The molecule has 0 radical (unpaired) electrons. The van der Waals surface area contributed by atoms with E-state index in [9.17, 15) is 4.79 Å². The van der Waals surface area contributed by atoms with Gasteiger partial charge in [0.1, 0.15) is 5.60 Å². The quantitative estimate of drug-likeness (QED) is 0.872. The average Bonchev–Trinajstić information content (AvgIpc) is 2.87. The number of nitrogens with zero attached hydrogens (tertiary/aromatic N) is 2. The Bertz CT molecular complexity index is 499. The van der Waals surface area contributed by atoms with Gasteiger partial charge < -0.3 is 9.84 Å². The molecule has 0 bridgehead atoms. The third-order valence-corrected chi connectivity index (χ3v) is 4.25. The van der Waals surface area contributed by atoms with Gasteiger partial charge in [-0.25, -0.2) is 9.97 Å². The zero-order valence-corrected chi connectivity index (χ0v) is 13.1. The van der Waals surface area contributed by atoms with Crippen molar-refractivity contribution in [2.45, 2.75) is 64.9 Å². The Kier molecular flexibility index (Phi) is 4.93. The van der Waals surface area contributed by atoms with Crippen LogP contribution in [0.5, 0.6) is 0 Å². The smallest absolute Gasteiger partial charge is 0.303 e. The van der Waals surface area contributed by atoms with Gasteiger partial charge in [-0.05, 0) is 58.4 Å². The van der Waals surface area contributed by atoms with Gasteiger partial charge in [-0.2, -0.15) is 0 Å². The highest BCUT2D eigenvalue weighted by molar-refractivity contribution is 5.67. The van der Waals surface area contributed by atoms with Gasteiger partial charge in [0, 0.05) is 24.4 Å². The summed E-state index contributed by atoms with van der Waals surface area (Å²) in [5, 5.41) is 8.83. The van der Waals surface area contributed by atoms with E-state index in [1.54, 1.807) is 0 Å². The molecule has 1 aliphatic carbocycles. The topological polar surface area (TPSA) is 72.3 Å². The number of carboxylic acids is 1. The van der Waals surface area contributed by atoms with Crippen molar-refractivity contribution < 1.29 is 14.6 Å². The van der Waals surface area contributed by atoms with Crippen molar-refractivity contribution in [2.24, 2.45) is 0 Å². The van der Waals surface area contributed by atoms with E-state index in [0.29, 0.717) is 13.0 Å². The van der Waals surface area contributed by atoms with Crippen LogP contribution >= 0.6 is 0 Å². The summed E-state index contributed by atoms with van der Waals surface area (Å²) < 4.78 is 6.01. The minimum atomic E-state index is -0.792. The summed E-state index contributed by atoms with van der Waals surface area (Å²) in [4.78, 5) is 20.1. The molecule has 1 N–H and O–H groups in total. The Morgan fingerprint density at radius 2 is 1.81 bits per heavy atom. The minimum Gasteiger partial charge on any atom is -0.481 e. The number of rotatable bonds is 6. The summed E-state index contributed by atoms with van der Waals surface area (Å²) in [7, 11) is 0.